The molecule has 98 valence electrons. The van der Waals surface area contributed by atoms with E-state index >= 15 is 0 Å². The molecule has 0 aliphatic carbocycles. The van der Waals surface area contributed by atoms with E-state index in [1.807, 2.05) is 6.92 Å². The average molecular weight is 341 g/mol. The number of rotatable bonds is 2. The van der Waals surface area contributed by atoms with Crippen molar-refractivity contribution < 1.29 is 9.90 Å². The zero-order valence-corrected chi connectivity index (χ0v) is 12.4. The first kappa shape index (κ1) is 13.9. The van der Waals surface area contributed by atoms with E-state index in [2.05, 4.69) is 21.2 Å². The number of aryl methyl sites for hydroxylation is 1. The zero-order valence-electron chi connectivity index (χ0n) is 10.1. The lowest BCUT2D eigenvalue weighted by Crippen LogP contribution is -2.12. The molecular weight excluding hydrogens is 330 g/mol. The first-order valence-corrected chi connectivity index (χ1v) is 6.70. The van der Waals surface area contributed by atoms with Crippen molar-refractivity contribution >= 4 is 39.1 Å². The third-order valence-electron chi connectivity index (χ3n) is 2.57. The van der Waals surface area contributed by atoms with Gasteiger partial charge in [0, 0.05) is 10.2 Å². The fourth-order valence-corrected chi connectivity index (χ4v) is 2.03. The topological polar surface area (TPSA) is 49.3 Å². The molecule has 2 aromatic rings. The summed E-state index contributed by atoms with van der Waals surface area (Å²) < 4.78 is 0.755. The molecule has 0 heterocycles. The maximum Gasteiger partial charge on any atom is 0.259 e. The van der Waals surface area contributed by atoms with Crippen LogP contribution >= 0.6 is 27.5 Å². The van der Waals surface area contributed by atoms with Crippen molar-refractivity contribution in [2.45, 2.75) is 6.92 Å². The van der Waals surface area contributed by atoms with E-state index in [-0.39, 0.29) is 17.2 Å². The highest BCUT2D eigenvalue weighted by atomic mass is 79.9. The van der Waals surface area contributed by atoms with E-state index in [1.165, 1.54) is 6.07 Å². The van der Waals surface area contributed by atoms with Gasteiger partial charge in [-0.2, -0.15) is 0 Å². The summed E-state index contributed by atoms with van der Waals surface area (Å²) in [5, 5.41) is 12.9. The number of nitrogens with one attached hydrogen (secondary N) is 1. The van der Waals surface area contributed by atoms with Crippen LogP contribution in [0.25, 0.3) is 0 Å². The standard InChI is InChI=1S/C14H11BrClNO2/c1-8-2-5-13(18)10(6-8)14(19)17-9-3-4-11(15)12(16)7-9/h2-7,18H,1H3,(H,17,19). The van der Waals surface area contributed by atoms with Gasteiger partial charge < -0.3 is 10.4 Å². The number of halogens is 2. The van der Waals surface area contributed by atoms with Crippen LogP contribution in [0.15, 0.2) is 40.9 Å². The van der Waals surface area contributed by atoms with Gasteiger partial charge in [0.15, 0.2) is 0 Å². The van der Waals surface area contributed by atoms with Gasteiger partial charge in [0.05, 0.1) is 10.6 Å². The summed E-state index contributed by atoms with van der Waals surface area (Å²) in [7, 11) is 0. The number of aromatic hydroxyl groups is 1. The van der Waals surface area contributed by atoms with E-state index in [1.54, 1.807) is 30.3 Å². The Morgan fingerprint density at radius 2 is 2.00 bits per heavy atom. The molecule has 3 nitrogen and oxygen atoms in total. The van der Waals surface area contributed by atoms with Gasteiger partial charge in [-0.1, -0.05) is 23.2 Å². The molecule has 0 unspecified atom stereocenters. The summed E-state index contributed by atoms with van der Waals surface area (Å²) in [5.74, 6) is -0.425. The molecule has 2 rings (SSSR count). The second-order valence-electron chi connectivity index (χ2n) is 4.10. The van der Waals surface area contributed by atoms with Gasteiger partial charge in [-0.05, 0) is 53.2 Å². The number of carbonyl (C=O) groups excluding carboxylic acids is 1. The average Bonchev–Trinajstić information content (AvgIpc) is 2.36. The highest BCUT2D eigenvalue weighted by Gasteiger charge is 2.12. The van der Waals surface area contributed by atoms with Crippen LogP contribution < -0.4 is 5.32 Å². The number of carbonyl (C=O) groups is 1. The Morgan fingerprint density at radius 1 is 1.26 bits per heavy atom. The van der Waals surface area contributed by atoms with Gasteiger partial charge >= 0.3 is 0 Å². The number of amides is 1. The molecule has 0 aliphatic rings. The van der Waals surface area contributed by atoms with Crippen molar-refractivity contribution in [1.82, 2.24) is 0 Å². The third-order valence-corrected chi connectivity index (χ3v) is 3.81. The molecule has 0 saturated heterocycles. The largest absolute Gasteiger partial charge is 0.507 e. The second kappa shape index (κ2) is 5.63. The Labute approximate surface area is 124 Å². The highest BCUT2D eigenvalue weighted by molar-refractivity contribution is 9.10. The molecule has 1 amide bonds. The summed E-state index contributed by atoms with van der Waals surface area (Å²) in [5.41, 5.74) is 1.70. The van der Waals surface area contributed by atoms with Crippen molar-refractivity contribution in [3.8, 4) is 5.75 Å². The van der Waals surface area contributed by atoms with Crippen LogP contribution in [0.2, 0.25) is 5.02 Å². The normalized spacial score (nSPS) is 10.3. The van der Waals surface area contributed by atoms with E-state index in [4.69, 9.17) is 11.6 Å². The van der Waals surface area contributed by atoms with Crippen molar-refractivity contribution in [3.05, 3.63) is 57.0 Å². The quantitative estimate of drug-likeness (QED) is 0.853. The van der Waals surface area contributed by atoms with Crippen LogP contribution in [0.3, 0.4) is 0 Å². The first-order chi connectivity index (χ1) is 8.97. The molecule has 5 heteroatoms. The minimum atomic E-state index is -0.375. The molecule has 0 fully saturated rings. The van der Waals surface area contributed by atoms with Gasteiger partial charge in [0.2, 0.25) is 0 Å². The predicted octanol–water partition coefficient (Wildman–Crippen LogP) is 4.37. The molecular formula is C14H11BrClNO2. The number of hydrogen-bond donors (Lipinski definition) is 2. The number of hydrogen-bond acceptors (Lipinski definition) is 2. The van der Waals surface area contributed by atoms with E-state index < -0.39 is 0 Å². The van der Waals surface area contributed by atoms with Crippen LogP contribution in [0, 0.1) is 6.92 Å². The fraction of sp³-hybridized carbons (Fsp3) is 0.0714. The lowest BCUT2D eigenvalue weighted by Gasteiger charge is -2.08. The third kappa shape index (κ3) is 3.28. The minimum Gasteiger partial charge on any atom is -0.507 e. The second-order valence-corrected chi connectivity index (χ2v) is 5.37. The molecule has 0 saturated carbocycles. The van der Waals surface area contributed by atoms with Gasteiger partial charge in [0.1, 0.15) is 5.75 Å². The zero-order chi connectivity index (χ0) is 14.0. The molecule has 0 bridgehead atoms. The Morgan fingerprint density at radius 3 is 2.68 bits per heavy atom. The van der Waals surface area contributed by atoms with E-state index in [9.17, 15) is 9.90 Å². The van der Waals surface area contributed by atoms with Crippen LogP contribution in [-0.4, -0.2) is 11.0 Å². The number of phenolic OH excluding ortho intramolecular Hbond substituents is 1. The lowest BCUT2D eigenvalue weighted by molar-refractivity contribution is 0.102. The van der Waals surface area contributed by atoms with Gasteiger partial charge in [0.25, 0.3) is 5.91 Å². The lowest BCUT2D eigenvalue weighted by atomic mass is 10.1. The molecule has 2 aromatic carbocycles. The minimum absolute atomic E-state index is 0.0497. The van der Waals surface area contributed by atoms with Gasteiger partial charge in [-0.3, -0.25) is 4.79 Å². The van der Waals surface area contributed by atoms with Crippen molar-refractivity contribution in [2.75, 3.05) is 5.32 Å². The van der Waals surface area contributed by atoms with Crippen molar-refractivity contribution in [1.29, 1.82) is 0 Å². The predicted molar refractivity (Wildman–Crippen MR) is 79.9 cm³/mol. The molecule has 0 aliphatic heterocycles. The van der Waals surface area contributed by atoms with E-state index in [0.29, 0.717) is 10.7 Å². The molecule has 0 atom stereocenters. The number of anilines is 1. The first-order valence-electron chi connectivity index (χ1n) is 5.53. The molecule has 0 radical (unpaired) electrons. The monoisotopic (exact) mass is 339 g/mol. The van der Waals surface area contributed by atoms with Crippen LogP contribution in [0.1, 0.15) is 15.9 Å². The summed E-state index contributed by atoms with van der Waals surface area (Å²) >= 11 is 9.23. The van der Waals surface area contributed by atoms with Crippen molar-refractivity contribution in [3.63, 3.8) is 0 Å². The SMILES string of the molecule is Cc1ccc(O)c(C(=O)Nc2ccc(Br)c(Cl)c2)c1. The molecule has 19 heavy (non-hydrogen) atoms. The Kier molecular flexibility index (Phi) is 4.12. The van der Waals surface area contributed by atoms with Crippen LogP contribution in [0.5, 0.6) is 5.75 Å². The Balaban J connectivity index is 2.25. The van der Waals surface area contributed by atoms with Gasteiger partial charge in [-0.15, -0.1) is 0 Å². The van der Waals surface area contributed by atoms with Gasteiger partial charge in [-0.25, -0.2) is 0 Å². The Bertz CT molecular complexity index is 643. The molecule has 0 aromatic heterocycles. The maximum atomic E-state index is 12.1. The maximum absolute atomic E-state index is 12.1. The molecule has 2 N–H and O–H groups in total. The summed E-state index contributed by atoms with van der Waals surface area (Å²) in [4.78, 5) is 12.1. The smallest absolute Gasteiger partial charge is 0.259 e. The summed E-state index contributed by atoms with van der Waals surface area (Å²) in [6.07, 6.45) is 0. The van der Waals surface area contributed by atoms with E-state index in [0.717, 1.165) is 10.0 Å². The fourth-order valence-electron chi connectivity index (χ4n) is 1.60. The van der Waals surface area contributed by atoms with Crippen LogP contribution in [-0.2, 0) is 0 Å². The van der Waals surface area contributed by atoms with Crippen molar-refractivity contribution in [2.24, 2.45) is 0 Å². The highest BCUT2D eigenvalue weighted by Crippen LogP contribution is 2.26. The summed E-state index contributed by atoms with van der Waals surface area (Å²) in [6.45, 7) is 1.85. The van der Waals surface area contributed by atoms with Crippen LogP contribution in [0.4, 0.5) is 5.69 Å². The number of benzene rings is 2. The Hall–Kier alpha value is -1.52. The summed E-state index contributed by atoms with van der Waals surface area (Å²) in [6, 6.07) is 9.97. The number of phenols is 1. The molecule has 0 spiro atoms.